The molecule has 2 amide bonds. The van der Waals surface area contributed by atoms with Crippen LogP contribution in [-0.4, -0.2) is 11.8 Å². The molecule has 0 saturated heterocycles. The molecule has 1 aromatic heterocycles. The van der Waals surface area contributed by atoms with E-state index in [0.29, 0.717) is 17.0 Å². The monoisotopic (exact) mass is 376 g/mol. The van der Waals surface area contributed by atoms with Gasteiger partial charge in [-0.25, -0.2) is 0 Å². The number of thiophene rings is 1. The zero-order valence-corrected chi connectivity index (χ0v) is 15.8. The first kappa shape index (κ1) is 18.6. The molecule has 0 unspecified atom stereocenters. The molecule has 2 aromatic carbocycles. The fourth-order valence-electron chi connectivity index (χ4n) is 2.78. The van der Waals surface area contributed by atoms with Crippen LogP contribution >= 0.6 is 11.3 Å². The first-order valence-corrected chi connectivity index (χ1v) is 9.36. The first-order chi connectivity index (χ1) is 13.0. The summed E-state index contributed by atoms with van der Waals surface area (Å²) in [6.07, 6.45) is 3.87. The normalized spacial score (nSPS) is 10.9. The van der Waals surface area contributed by atoms with E-state index in [9.17, 15) is 9.59 Å². The van der Waals surface area contributed by atoms with Crippen molar-refractivity contribution in [2.45, 2.75) is 13.3 Å². The molecular weight excluding hydrogens is 356 g/mol. The molecular formula is C22H20N2O2S. The van der Waals surface area contributed by atoms with Crippen LogP contribution in [0.1, 0.15) is 31.9 Å². The Morgan fingerprint density at radius 1 is 1.04 bits per heavy atom. The van der Waals surface area contributed by atoms with Gasteiger partial charge in [-0.05, 0) is 29.7 Å². The second kappa shape index (κ2) is 8.47. The number of benzene rings is 2. The molecule has 0 fully saturated rings. The molecule has 0 atom stereocenters. The minimum atomic E-state index is -0.537. The van der Waals surface area contributed by atoms with Crippen LogP contribution < -0.4 is 11.1 Å². The average molecular weight is 376 g/mol. The molecule has 0 aliphatic heterocycles. The summed E-state index contributed by atoms with van der Waals surface area (Å²) in [5.41, 5.74) is 8.83. The Hall–Kier alpha value is -3.18. The molecule has 3 rings (SSSR count). The van der Waals surface area contributed by atoms with Crippen LogP contribution in [0, 0.1) is 6.92 Å². The molecule has 1 heterocycles. The number of primary amides is 1. The van der Waals surface area contributed by atoms with Gasteiger partial charge in [0.2, 0.25) is 5.91 Å². The minimum absolute atomic E-state index is 0.297. The van der Waals surface area contributed by atoms with Crippen molar-refractivity contribution in [2.75, 3.05) is 5.32 Å². The van der Waals surface area contributed by atoms with Crippen LogP contribution in [0.5, 0.6) is 0 Å². The predicted molar refractivity (Wildman–Crippen MR) is 111 cm³/mol. The number of carbonyl (C=O) groups excluding carboxylic acids is 2. The minimum Gasteiger partial charge on any atom is -0.365 e. The number of hydrogen-bond donors (Lipinski definition) is 2. The van der Waals surface area contributed by atoms with Crippen molar-refractivity contribution in [1.29, 1.82) is 0 Å². The molecule has 0 aliphatic rings. The summed E-state index contributed by atoms with van der Waals surface area (Å²) < 4.78 is 0. The van der Waals surface area contributed by atoms with Crippen molar-refractivity contribution in [2.24, 2.45) is 5.73 Å². The van der Waals surface area contributed by atoms with Gasteiger partial charge in [0.05, 0.1) is 5.56 Å². The lowest BCUT2D eigenvalue weighted by atomic mass is 10.1. The molecule has 136 valence electrons. The van der Waals surface area contributed by atoms with Crippen molar-refractivity contribution in [3.63, 3.8) is 0 Å². The van der Waals surface area contributed by atoms with Crippen molar-refractivity contribution < 1.29 is 9.59 Å². The van der Waals surface area contributed by atoms with Crippen molar-refractivity contribution in [3.05, 3.63) is 93.9 Å². The number of amides is 2. The summed E-state index contributed by atoms with van der Waals surface area (Å²) >= 11 is 1.39. The van der Waals surface area contributed by atoms with E-state index in [1.54, 1.807) is 6.08 Å². The van der Waals surface area contributed by atoms with Crippen LogP contribution in [0.2, 0.25) is 0 Å². The summed E-state index contributed by atoms with van der Waals surface area (Å²) in [5.74, 6) is -0.834. The maximum absolute atomic E-state index is 12.3. The molecule has 4 nitrogen and oxygen atoms in total. The van der Waals surface area contributed by atoms with E-state index in [1.165, 1.54) is 17.4 Å². The largest absolute Gasteiger partial charge is 0.365 e. The van der Waals surface area contributed by atoms with Crippen LogP contribution in [0.4, 0.5) is 5.00 Å². The van der Waals surface area contributed by atoms with Gasteiger partial charge in [-0.1, -0.05) is 60.7 Å². The predicted octanol–water partition coefficient (Wildman–Crippen LogP) is 4.40. The standard InChI is InChI=1S/C22H20N2O2S/c1-15-18(14-17-10-6-3-7-11-17)27-22(20(15)21(23)26)24-19(25)13-12-16-8-4-2-5-9-16/h2-13H,14H2,1H3,(H2,23,26)(H,24,25)/b13-12+. The Balaban J connectivity index is 1.81. The van der Waals surface area contributed by atoms with Gasteiger partial charge in [0.1, 0.15) is 5.00 Å². The third kappa shape index (κ3) is 4.71. The van der Waals surface area contributed by atoms with Gasteiger partial charge >= 0.3 is 0 Å². The Bertz CT molecular complexity index is 976. The SMILES string of the molecule is Cc1c(Cc2ccccc2)sc(NC(=O)/C=C/c2ccccc2)c1C(N)=O. The third-order valence-corrected chi connectivity index (χ3v) is 5.37. The second-order valence-electron chi connectivity index (χ2n) is 6.11. The lowest BCUT2D eigenvalue weighted by Gasteiger charge is -2.02. The Morgan fingerprint density at radius 3 is 2.30 bits per heavy atom. The molecule has 3 aromatic rings. The topological polar surface area (TPSA) is 72.2 Å². The van der Waals surface area contributed by atoms with Crippen LogP contribution in [0.25, 0.3) is 6.08 Å². The highest BCUT2D eigenvalue weighted by molar-refractivity contribution is 7.17. The van der Waals surface area contributed by atoms with Gasteiger partial charge in [-0.3, -0.25) is 9.59 Å². The quantitative estimate of drug-likeness (QED) is 0.626. The summed E-state index contributed by atoms with van der Waals surface area (Å²) in [5, 5.41) is 3.30. The molecule has 0 bridgehead atoms. The average Bonchev–Trinajstić information content (AvgIpc) is 2.97. The van der Waals surface area contributed by atoms with E-state index in [1.807, 2.05) is 67.6 Å². The maximum Gasteiger partial charge on any atom is 0.251 e. The first-order valence-electron chi connectivity index (χ1n) is 8.54. The Morgan fingerprint density at radius 2 is 1.67 bits per heavy atom. The van der Waals surface area contributed by atoms with Gasteiger partial charge in [0.25, 0.3) is 5.91 Å². The highest BCUT2D eigenvalue weighted by Crippen LogP contribution is 2.34. The highest BCUT2D eigenvalue weighted by atomic mass is 32.1. The van der Waals surface area contributed by atoms with E-state index >= 15 is 0 Å². The fraction of sp³-hybridized carbons (Fsp3) is 0.0909. The number of anilines is 1. The second-order valence-corrected chi connectivity index (χ2v) is 7.22. The highest BCUT2D eigenvalue weighted by Gasteiger charge is 2.20. The van der Waals surface area contributed by atoms with Crippen LogP contribution in [0.15, 0.2) is 66.7 Å². The molecule has 27 heavy (non-hydrogen) atoms. The van der Waals surface area contributed by atoms with E-state index < -0.39 is 5.91 Å². The van der Waals surface area contributed by atoms with E-state index in [4.69, 9.17) is 5.73 Å². The van der Waals surface area contributed by atoms with Crippen LogP contribution in [0.3, 0.4) is 0 Å². The number of hydrogen-bond acceptors (Lipinski definition) is 3. The van der Waals surface area contributed by atoms with Crippen molar-refractivity contribution in [3.8, 4) is 0 Å². The summed E-state index contributed by atoms with van der Waals surface area (Å²) in [6.45, 7) is 1.87. The zero-order valence-electron chi connectivity index (χ0n) is 14.9. The maximum atomic E-state index is 12.3. The third-order valence-electron chi connectivity index (χ3n) is 4.16. The van der Waals surface area contributed by atoms with Gasteiger partial charge in [0.15, 0.2) is 0 Å². The summed E-state index contributed by atoms with van der Waals surface area (Å²) in [4.78, 5) is 25.2. The van der Waals surface area contributed by atoms with Gasteiger partial charge in [-0.2, -0.15) is 0 Å². The van der Waals surface area contributed by atoms with Crippen molar-refractivity contribution >= 4 is 34.2 Å². The molecule has 5 heteroatoms. The summed E-state index contributed by atoms with van der Waals surface area (Å²) in [7, 11) is 0. The number of carbonyl (C=O) groups is 2. The molecule has 0 aliphatic carbocycles. The number of rotatable bonds is 6. The van der Waals surface area contributed by atoms with E-state index in [2.05, 4.69) is 5.32 Å². The zero-order chi connectivity index (χ0) is 19.2. The molecule has 3 N–H and O–H groups in total. The van der Waals surface area contributed by atoms with E-state index in [0.717, 1.165) is 21.6 Å². The van der Waals surface area contributed by atoms with Crippen LogP contribution in [-0.2, 0) is 11.2 Å². The summed E-state index contributed by atoms with van der Waals surface area (Å²) in [6, 6.07) is 19.5. The smallest absolute Gasteiger partial charge is 0.251 e. The fourth-order valence-corrected chi connectivity index (χ4v) is 4.03. The van der Waals surface area contributed by atoms with Crippen molar-refractivity contribution in [1.82, 2.24) is 0 Å². The number of nitrogens with one attached hydrogen (secondary N) is 1. The lowest BCUT2D eigenvalue weighted by molar-refractivity contribution is -0.111. The Labute approximate surface area is 162 Å². The van der Waals surface area contributed by atoms with Gasteiger partial charge < -0.3 is 11.1 Å². The number of nitrogens with two attached hydrogens (primary N) is 1. The molecule has 0 saturated carbocycles. The molecule has 0 spiro atoms. The van der Waals surface area contributed by atoms with Gasteiger partial charge in [0, 0.05) is 17.4 Å². The van der Waals surface area contributed by atoms with E-state index in [-0.39, 0.29) is 5.91 Å². The lowest BCUT2D eigenvalue weighted by Crippen LogP contribution is -2.16. The molecule has 0 radical (unpaired) electrons. The van der Waals surface area contributed by atoms with Gasteiger partial charge in [-0.15, -0.1) is 11.3 Å². The Kier molecular flexibility index (Phi) is 5.84.